The lowest BCUT2D eigenvalue weighted by Gasteiger charge is -2.11. The molecule has 1 heterocycles. The van der Waals surface area contributed by atoms with E-state index in [1.165, 1.54) is 0 Å². The molecule has 0 aliphatic heterocycles. The minimum atomic E-state index is -0.211. The summed E-state index contributed by atoms with van der Waals surface area (Å²) in [4.78, 5) is 11.7. The number of carbonyl (C=O) groups excluding carboxylic acids is 1. The number of nitrogens with one attached hydrogen (secondary N) is 1. The molecule has 0 radical (unpaired) electrons. The number of rotatable bonds is 10. The summed E-state index contributed by atoms with van der Waals surface area (Å²) in [5.41, 5.74) is 9.32. The fourth-order valence-corrected chi connectivity index (χ4v) is 3.70. The Morgan fingerprint density at radius 2 is 1.70 bits per heavy atom. The standard InChI is InChI=1S/C26H31N3O4/c1-6-33-26(30)15-20-7-10-23(11-8-20)29-18(2)13-22(19(29)3)17-28-27-16-21-9-12-24(31-4)25(14-21)32-5/h7-14,17,27H,6,15-16H2,1-5H3/b28-17+. The maximum Gasteiger partial charge on any atom is 0.310 e. The van der Waals surface area contributed by atoms with Crippen LogP contribution in [-0.2, 0) is 22.5 Å². The Hall–Kier alpha value is -3.74. The van der Waals surface area contributed by atoms with Crippen LogP contribution in [0.25, 0.3) is 5.69 Å². The van der Waals surface area contributed by atoms with Crippen LogP contribution in [0.5, 0.6) is 11.5 Å². The summed E-state index contributed by atoms with van der Waals surface area (Å²) >= 11 is 0. The van der Waals surface area contributed by atoms with E-state index in [9.17, 15) is 4.79 Å². The molecule has 0 saturated carbocycles. The number of nitrogens with zero attached hydrogens (tertiary/aromatic N) is 2. The number of aromatic nitrogens is 1. The van der Waals surface area contributed by atoms with Gasteiger partial charge in [-0.25, -0.2) is 0 Å². The zero-order valence-corrected chi connectivity index (χ0v) is 19.8. The number of benzene rings is 2. The SMILES string of the molecule is CCOC(=O)Cc1ccc(-n2c(C)cc(/C=N/NCc3ccc(OC)c(OC)c3)c2C)cc1. The average Bonchev–Trinajstić information content (AvgIpc) is 3.10. The van der Waals surface area contributed by atoms with Gasteiger partial charge >= 0.3 is 5.97 Å². The smallest absolute Gasteiger partial charge is 0.310 e. The molecule has 0 amide bonds. The van der Waals surface area contributed by atoms with Gasteiger partial charge in [0.05, 0.1) is 40.0 Å². The van der Waals surface area contributed by atoms with Crippen molar-refractivity contribution in [1.29, 1.82) is 0 Å². The lowest BCUT2D eigenvalue weighted by atomic mass is 10.1. The average molecular weight is 450 g/mol. The molecule has 0 aliphatic carbocycles. The molecule has 0 aliphatic rings. The van der Waals surface area contributed by atoms with Gasteiger partial charge in [-0.05, 0) is 62.2 Å². The third-order valence-corrected chi connectivity index (χ3v) is 5.34. The molecule has 0 atom stereocenters. The number of hydrogen-bond donors (Lipinski definition) is 1. The molecular weight excluding hydrogens is 418 g/mol. The summed E-state index contributed by atoms with van der Waals surface area (Å²) in [6, 6.07) is 15.8. The van der Waals surface area contributed by atoms with E-state index in [4.69, 9.17) is 14.2 Å². The molecule has 0 saturated heterocycles. The Bertz CT molecular complexity index is 1120. The molecule has 3 aromatic rings. The molecule has 7 nitrogen and oxygen atoms in total. The topological polar surface area (TPSA) is 74.1 Å². The molecular formula is C26H31N3O4. The fraction of sp³-hybridized carbons (Fsp3) is 0.308. The molecule has 1 N–H and O–H groups in total. The van der Waals surface area contributed by atoms with Gasteiger partial charge in [-0.2, -0.15) is 5.10 Å². The van der Waals surface area contributed by atoms with E-state index in [0.29, 0.717) is 24.7 Å². The van der Waals surface area contributed by atoms with Crippen molar-refractivity contribution in [3.8, 4) is 17.2 Å². The van der Waals surface area contributed by atoms with Crippen LogP contribution in [0, 0.1) is 13.8 Å². The van der Waals surface area contributed by atoms with Crippen LogP contribution in [0.3, 0.4) is 0 Å². The lowest BCUT2D eigenvalue weighted by Crippen LogP contribution is -2.07. The van der Waals surface area contributed by atoms with Crippen molar-refractivity contribution in [3.63, 3.8) is 0 Å². The predicted octanol–water partition coefficient (Wildman–Crippen LogP) is 4.34. The van der Waals surface area contributed by atoms with Crippen LogP contribution in [0.4, 0.5) is 0 Å². The highest BCUT2D eigenvalue weighted by Crippen LogP contribution is 2.27. The summed E-state index contributed by atoms with van der Waals surface area (Å²) in [7, 11) is 3.24. The van der Waals surface area contributed by atoms with Crippen molar-refractivity contribution >= 4 is 12.2 Å². The Morgan fingerprint density at radius 3 is 2.36 bits per heavy atom. The van der Waals surface area contributed by atoms with Gasteiger partial charge in [0.25, 0.3) is 0 Å². The van der Waals surface area contributed by atoms with Gasteiger partial charge in [0, 0.05) is 22.6 Å². The Kier molecular flexibility index (Phi) is 8.13. The lowest BCUT2D eigenvalue weighted by molar-refractivity contribution is -0.142. The number of aryl methyl sites for hydroxylation is 1. The monoisotopic (exact) mass is 449 g/mol. The first-order valence-electron chi connectivity index (χ1n) is 10.9. The zero-order chi connectivity index (χ0) is 23.8. The maximum absolute atomic E-state index is 11.7. The minimum Gasteiger partial charge on any atom is -0.493 e. The number of methoxy groups -OCH3 is 2. The number of esters is 1. The predicted molar refractivity (Wildman–Crippen MR) is 130 cm³/mol. The van der Waals surface area contributed by atoms with Crippen molar-refractivity contribution in [2.24, 2.45) is 5.10 Å². The van der Waals surface area contributed by atoms with E-state index in [1.54, 1.807) is 14.2 Å². The number of hydrogen-bond acceptors (Lipinski definition) is 6. The molecule has 0 unspecified atom stereocenters. The molecule has 174 valence electrons. The molecule has 0 fully saturated rings. The normalized spacial score (nSPS) is 10.9. The molecule has 0 bridgehead atoms. The van der Waals surface area contributed by atoms with Gasteiger partial charge in [-0.3, -0.25) is 4.79 Å². The van der Waals surface area contributed by atoms with E-state index in [1.807, 2.05) is 55.6 Å². The quantitative estimate of drug-likeness (QED) is 0.283. The number of ether oxygens (including phenoxy) is 3. The van der Waals surface area contributed by atoms with E-state index in [0.717, 1.165) is 33.8 Å². The molecule has 33 heavy (non-hydrogen) atoms. The Morgan fingerprint density at radius 1 is 1.00 bits per heavy atom. The summed E-state index contributed by atoms with van der Waals surface area (Å²) in [6.07, 6.45) is 2.11. The molecule has 7 heteroatoms. The number of carbonyl (C=O) groups is 1. The first-order chi connectivity index (χ1) is 16.0. The highest BCUT2D eigenvalue weighted by molar-refractivity contribution is 5.82. The van der Waals surface area contributed by atoms with Crippen LogP contribution < -0.4 is 14.9 Å². The summed E-state index contributed by atoms with van der Waals surface area (Å²) < 4.78 is 17.8. The first-order valence-corrected chi connectivity index (χ1v) is 10.9. The number of hydrazone groups is 1. The van der Waals surface area contributed by atoms with Gasteiger partial charge in [0.15, 0.2) is 11.5 Å². The second-order valence-corrected chi connectivity index (χ2v) is 7.59. The largest absolute Gasteiger partial charge is 0.493 e. The zero-order valence-electron chi connectivity index (χ0n) is 19.8. The second kappa shape index (κ2) is 11.2. The summed E-state index contributed by atoms with van der Waals surface area (Å²) in [5, 5.41) is 4.40. The van der Waals surface area contributed by atoms with Crippen LogP contribution in [-0.4, -0.2) is 37.6 Å². The van der Waals surface area contributed by atoms with Gasteiger partial charge in [-0.15, -0.1) is 0 Å². The van der Waals surface area contributed by atoms with Crippen LogP contribution in [0.15, 0.2) is 53.6 Å². The van der Waals surface area contributed by atoms with Crippen LogP contribution in [0.2, 0.25) is 0 Å². The maximum atomic E-state index is 11.7. The van der Waals surface area contributed by atoms with Crippen molar-refractivity contribution in [3.05, 3.63) is 76.6 Å². The second-order valence-electron chi connectivity index (χ2n) is 7.59. The van der Waals surface area contributed by atoms with Crippen molar-refractivity contribution in [2.75, 3.05) is 20.8 Å². The Labute approximate surface area is 195 Å². The molecule has 1 aromatic heterocycles. The summed E-state index contributed by atoms with van der Waals surface area (Å²) in [6.45, 7) is 6.90. The summed E-state index contributed by atoms with van der Waals surface area (Å²) in [5.74, 6) is 1.18. The third-order valence-electron chi connectivity index (χ3n) is 5.34. The van der Waals surface area contributed by atoms with Gasteiger partial charge in [0.1, 0.15) is 0 Å². The van der Waals surface area contributed by atoms with Crippen molar-refractivity contribution in [2.45, 2.75) is 33.7 Å². The van der Waals surface area contributed by atoms with Gasteiger partial charge in [-0.1, -0.05) is 18.2 Å². The highest BCUT2D eigenvalue weighted by atomic mass is 16.5. The van der Waals surface area contributed by atoms with Crippen molar-refractivity contribution < 1.29 is 19.0 Å². The van der Waals surface area contributed by atoms with E-state index in [-0.39, 0.29) is 12.4 Å². The van der Waals surface area contributed by atoms with Crippen LogP contribution >= 0.6 is 0 Å². The Balaban J connectivity index is 1.67. The highest BCUT2D eigenvalue weighted by Gasteiger charge is 2.10. The van der Waals surface area contributed by atoms with E-state index in [2.05, 4.69) is 35.0 Å². The molecule has 3 rings (SSSR count). The van der Waals surface area contributed by atoms with Gasteiger partial charge < -0.3 is 24.2 Å². The minimum absolute atomic E-state index is 0.211. The fourth-order valence-electron chi connectivity index (χ4n) is 3.70. The third kappa shape index (κ3) is 5.94. The van der Waals surface area contributed by atoms with E-state index >= 15 is 0 Å². The van der Waals surface area contributed by atoms with E-state index < -0.39 is 0 Å². The van der Waals surface area contributed by atoms with Crippen molar-refractivity contribution in [1.82, 2.24) is 9.99 Å². The first kappa shape index (κ1) is 23.9. The molecule has 2 aromatic carbocycles. The van der Waals surface area contributed by atoms with Crippen LogP contribution in [0.1, 0.15) is 35.0 Å². The molecule has 0 spiro atoms. The van der Waals surface area contributed by atoms with Gasteiger partial charge in [0.2, 0.25) is 0 Å².